The first-order valence-corrected chi connectivity index (χ1v) is 9.10. The Morgan fingerprint density at radius 1 is 1.15 bits per heavy atom. The molecule has 2 N–H and O–H groups in total. The molecular weight excluding hydrogens is 350 g/mol. The number of aromatic nitrogens is 1. The van der Waals surface area contributed by atoms with E-state index in [1.165, 1.54) is 17.6 Å². The standard InChI is InChI=1S/C19H19N3O3S/c1-12(2)10-17(23)20-14-7-5-13(6-8-14)15-11-26-19(21-15)22-18(24)16-4-3-9-25-16/h3-9,11-12H,10H2,1-2H3,(H,20,23)(H,21,22,24). The van der Waals surface area contributed by atoms with Crippen LogP contribution >= 0.6 is 11.3 Å². The van der Waals surface area contributed by atoms with E-state index in [-0.39, 0.29) is 17.6 Å². The zero-order valence-corrected chi connectivity index (χ0v) is 15.3. The van der Waals surface area contributed by atoms with E-state index in [0.717, 1.165) is 16.9 Å². The summed E-state index contributed by atoms with van der Waals surface area (Å²) in [6.07, 6.45) is 1.94. The van der Waals surface area contributed by atoms with Crippen LogP contribution in [0.2, 0.25) is 0 Å². The van der Waals surface area contributed by atoms with Gasteiger partial charge in [0.25, 0.3) is 5.91 Å². The van der Waals surface area contributed by atoms with Gasteiger partial charge in [-0.2, -0.15) is 0 Å². The highest BCUT2D eigenvalue weighted by Crippen LogP contribution is 2.26. The maximum Gasteiger partial charge on any atom is 0.293 e. The molecule has 0 fully saturated rings. The summed E-state index contributed by atoms with van der Waals surface area (Å²) in [6, 6.07) is 10.7. The van der Waals surface area contributed by atoms with E-state index in [1.54, 1.807) is 12.1 Å². The smallest absolute Gasteiger partial charge is 0.293 e. The summed E-state index contributed by atoms with van der Waals surface area (Å²) in [5, 5.41) is 7.94. The molecule has 0 saturated heterocycles. The summed E-state index contributed by atoms with van der Waals surface area (Å²) in [4.78, 5) is 28.2. The third-order valence-corrected chi connectivity index (χ3v) is 4.29. The number of nitrogens with one attached hydrogen (secondary N) is 2. The van der Waals surface area contributed by atoms with E-state index in [2.05, 4.69) is 15.6 Å². The first-order chi connectivity index (χ1) is 12.5. The average Bonchev–Trinajstić information content (AvgIpc) is 3.26. The van der Waals surface area contributed by atoms with Crippen molar-refractivity contribution in [2.24, 2.45) is 5.92 Å². The molecule has 7 heteroatoms. The Morgan fingerprint density at radius 3 is 2.58 bits per heavy atom. The molecule has 0 radical (unpaired) electrons. The Kier molecular flexibility index (Phi) is 5.48. The lowest BCUT2D eigenvalue weighted by molar-refractivity contribution is -0.116. The number of rotatable bonds is 6. The minimum Gasteiger partial charge on any atom is -0.459 e. The van der Waals surface area contributed by atoms with Crippen LogP contribution in [0.25, 0.3) is 11.3 Å². The fourth-order valence-corrected chi connectivity index (χ4v) is 3.05. The van der Waals surface area contributed by atoms with E-state index in [9.17, 15) is 9.59 Å². The second-order valence-electron chi connectivity index (χ2n) is 6.19. The molecule has 1 aromatic carbocycles. The number of amides is 2. The third kappa shape index (κ3) is 4.58. The Morgan fingerprint density at radius 2 is 1.92 bits per heavy atom. The minimum atomic E-state index is -0.334. The van der Waals surface area contributed by atoms with E-state index < -0.39 is 0 Å². The largest absolute Gasteiger partial charge is 0.459 e. The van der Waals surface area contributed by atoms with E-state index in [4.69, 9.17) is 4.42 Å². The number of carbonyl (C=O) groups excluding carboxylic acids is 2. The van der Waals surface area contributed by atoms with Crippen LogP contribution in [0.5, 0.6) is 0 Å². The lowest BCUT2D eigenvalue weighted by Crippen LogP contribution is -2.13. The van der Waals surface area contributed by atoms with Crippen molar-refractivity contribution >= 4 is 34.0 Å². The highest BCUT2D eigenvalue weighted by atomic mass is 32.1. The van der Waals surface area contributed by atoms with Gasteiger partial charge in [-0.3, -0.25) is 14.9 Å². The maximum atomic E-state index is 12.0. The van der Waals surface area contributed by atoms with Crippen molar-refractivity contribution < 1.29 is 14.0 Å². The quantitative estimate of drug-likeness (QED) is 0.663. The van der Waals surface area contributed by atoms with Crippen LogP contribution in [0.15, 0.2) is 52.5 Å². The van der Waals surface area contributed by atoms with Gasteiger partial charge in [0, 0.05) is 23.1 Å². The average molecular weight is 369 g/mol. The molecule has 0 unspecified atom stereocenters. The molecule has 0 spiro atoms. The summed E-state index contributed by atoms with van der Waals surface area (Å²) in [6.45, 7) is 4.01. The van der Waals surface area contributed by atoms with Gasteiger partial charge in [0.05, 0.1) is 12.0 Å². The van der Waals surface area contributed by atoms with Crippen LogP contribution in [0.4, 0.5) is 10.8 Å². The van der Waals surface area contributed by atoms with Crippen molar-refractivity contribution in [2.45, 2.75) is 20.3 Å². The molecule has 0 bridgehead atoms. The number of furan rings is 1. The zero-order chi connectivity index (χ0) is 18.5. The van der Waals surface area contributed by atoms with Crippen molar-refractivity contribution in [3.05, 3.63) is 53.8 Å². The number of nitrogens with zero attached hydrogens (tertiary/aromatic N) is 1. The summed E-state index contributed by atoms with van der Waals surface area (Å²) in [7, 11) is 0. The number of carbonyl (C=O) groups is 2. The van der Waals surface area contributed by atoms with Gasteiger partial charge in [0.15, 0.2) is 10.9 Å². The van der Waals surface area contributed by atoms with Crippen molar-refractivity contribution in [3.8, 4) is 11.3 Å². The van der Waals surface area contributed by atoms with Gasteiger partial charge >= 0.3 is 0 Å². The molecule has 0 atom stereocenters. The molecule has 2 heterocycles. The number of thiazole rings is 1. The van der Waals surface area contributed by atoms with Gasteiger partial charge in [-0.15, -0.1) is 11.3 Å². The number of anilines is 2. The highest BCUT2D eigenvalue weighted by molar-refractivity contribution is 7.14. The summed E-state index contributed by atoms with van der Waals surface area (Å²) in [5.74, 6) is 0.228. The fourth-order valence-electron chi connectivity index (χ4n) is 2.34. The summed E-state index contributed by atoms with van der Waals surface area (Å²) >= 11 is 1.34. The van der Waals surface area contributed by atoms with Crippen LogP contribution < -0.4 is 10.6 Å². The molecular formula is C19H19N3O3S. The zero-order valence-electron chi connectivity index (χ0n) is 14.5. The predicted octanol–water partition coefficient (Wildman–Crippen LogP) is 4.64. The fraction of sp³-hybridized carbons (Fsp3) is 0.211. The third-order valence-electron chi connectivity index (χ3n) is 3.53. The topological polar surface area (TPSA) is 84.2 Å². The lowest BCUT2D eigenvalue weighted by atomic mass is 10.1. The number of hydrogen-bond donors (Lipinski definition) is 2. The molecule has 0 saturated carbocycles. The van der Waals surface area contributed by atoms with E-state index >= 15 is 0 Å². The van der Waals surface area contributed by atoms with Crippen LogP contribution in [-0.2, 0) is 4.79 Å². The van der Waals surface area contributed by atoms with Crippen molar-refractivity contribution in [1.29, 1.82) is 0 Å². The SMILES string of the molecule is CC(C)CC(=O)Nc1ccc(-c2csc(NC(=O)c3ccco3)n2)cc1. The molecule has 3 rings (SSSR count). The summed E-state index contributed by atoms with van der Waals surface area (Å²) < 4.78 is 5.06. The van der Waals surface area contributed by atoms with Crippen LogP contribution in [0, 0.1) is 5.92 Å². The first kappa shape index (κ1) is 17.9. The van der Waals surface area contributed by atoms with Gasteiger partial charge in [-0.1, -0.05) is 26.0 Å². The van der Waals surface area contributed by atoms with Crippen molar-refractivity contribution in [1.82, 2.24) is 4.98 Å². The molecule has 134 valence electrons. The molecule has 0 aliphatic rings. The van der Waals surface area contributed by atoms with Gasteiger partial charge in [0.1, 0.15) is 0 Å². The summed E-state index contributed by atoms with van der Waals surface area (Å²) in [5.41, 5.74) is 2.41. The number of benzene rings is 1. The van der Waals surface area contributed by atoms with E-state index in [1.807, 2.05) is 43.5 Å². The highest BCUT2D eigenvalue weighted by Gasteiger charge is 2.12. The van der Waals surface area contributed by atoms with Crippen LogP contribution in [0.3, 0.4) is 0 Å². The van der Waals surface area contributed by atoms with Crippen LogP contribution in [-0.4, -0.2) is 16.8 Å². The molecule has 2 amide bonds. The molecule has 3 aromatic rings. The van der Waals surface area contributed by atoms with Gasteiger partial charge in [-0.25, -0.2) is 4.98 Å². The lowest BCUT2D eigenvalue weighted by Gasteiger charge is -2.07. The minimum absolute atomic E-state index is 0.00401. The second kappa shape index (κ2) is 7.97. The molecule has 2 aromatic heterocycles. The van der Waals surface area contributed by atoms with Gasteiger partial charge < -0.3 is 9.73 Å². The molecule has 26 heavy (non-hydrogen) atoms. The van der Waals surface area contributed by atoms with Crippen molar-refractivity contribution in [3.63, 3.8) is 0 Å². The molecule has 0 aliphatic heterocycles. The van der Waals surface area contributed by atoms with Gasteiger partial charge in [0.2, 0.25) is 5.91 Å². The normalized spacial score (nSPS) is 10.7. The van der Waals surface area contributed by atoms with Crippen molar-refractivity contribution in [2.75, 3.05) is 10.6 Å². The monoisotopic (exact) mass is 369 g/mol. The number of hydrogen-bond acceptors (Lipinski definition) is 5. The van der Waals surface area contributed by atoms with E-state index in [0.29, 0.717) is 17.5 Å². The maximum absolute atomic E-state index is 12.0. The van der Waals surface area contributed by atoms with Crippen LogP contribution in [0.1, 0.15) is 30.8 Å². The first-order valence-electron chi connectivity index (χ1n) is 8.22. The van der Waals surface area contributed by atoms with Gasteiger partial charge in [-0.05, 0) is 30.2 Å². The molecule has 0 aliphatic carbocycles. The predicted molar refractivity (Wildman–Crippen MR) is 102 cm³/mol. The Balaban J connectivity index is 1.64. The second-order valence-corrected chi connectivity index (χ2v) is 7.05. The molecule has 6 nitrogen and oxygen atoms in total. The Labute approximate surface area is 155 Å². The Bertz CT molecular complexity index is 883. The Hall–Kier alpha value is -2.93.